The van der Waals surface area contributed by atoms with Crippen LogP contribution in [0.25, 0.3) is 0 Å². The van der Waals surface area contributed by atoms with Crippen LogP contribution in [-0.2, 0) is 9.59 Å². The molecule has 12 heteroatoms. The third-order valence-electron chi connectivity index (χ3n) is 5.16. The molecule has 1 amide bonds. The second-order valence-corrected chi connectivity index (χ2v) is 7.17. The van der Waals surface area contributed by atoms with E-state index in [-0.39, 0.29) is 11.9 Å². The minimum Gasteiger partial charge on any atom is -0.483 e. The molecule has 1 saturated heterocycles. The van der Waals surface area contributed by atoms with Crippen LogP contribution in [0.2, 0.25) is 0 Å². The van der Waals surface area contributed by atoms with Crippen molar-refractivity contribution in [3.63, 3.8) is 0 Å². The second kappa shape index (κ2) is 8.01. The minimum atomic E-state index is -5.08. The number of carboxylic acids is 1. The van der Waals surface area contributed by atoms with Gasteiger partial charge in [-0.2, -0.15) is 18.3 Å². The number of alkyl halides is 3. The van der Waals surface area contributed by atoms with E-state index in [2.05, 4.69) is 46.8 Å². The number of aryl methyl sites for hydroxylation is 1. The summed E-state index contributed by atoms with van der Waals surface area (Å²) in [6, 6.07) is 4.39. The SMILES string of the molecule is Cc1cc2c(cc1N(C)C1CNC1)N1C(=NNC(=O)C1C)CO2.O=C(O)C(F)(F)F. The van der Waals surface area contributed by atoms with E-state index in [1.165, 1.54) is 11.3 Å². The molecule has 30 heavy (non-hydrogen) atoms. The monoisotopic (exact) mass is 429 g/mol. The van der Waals surface area contributed by atoms with Gasteiger partial charge in [0.15, 0.2) is 5.84 Å². The lowest BCUT2D eigenvalue weighted by atomic mass is 10.0. The Balaban J connectivity index is 0.000000318. The molecule has 0 bridgehead atoms. The molecule has 0 saturated carbocycles. The number of aliphatic carboxylic acids is 1. The summed E-state index contributed by atoms with van der Waals surface area (Å²) in [4.78, 5) is 25.2. The van der Waals surface area contributed by atoms with E-state index >= 15 is 0 Å². The Morgan fingerprint density at radius 3 is 2.53 bits per heavy atom. The summed E-state index contributed by atoms with van der Waals surface area (Å²) in [5, 5.41) is 14.6. The molecule has 0 aromatic heterocycles. The molecular weight excluding hydrogens is 407 g/mol. The average Bonchev–Trinajstić information content (AvgIpc) is 2.62. The van der Waals surface area contributed by atoms with Gasteiger partial charge in [0.25, 0.3) is 5.91 Å². The van der Waals surface area contributed by atoms with Gasteiger partial charge in [0.2, 0.25) is 0 Å². The van der Waals surface area contributed by atoms with Gasteiger partial charge in [0, 0.05) is 25.8 Å². The first kappa shape index (κ1) is 21.7. The van der Waals surface area contributed by atoms with Crippen molar-refractivity contribution in [2.75, 3.05) is 36.5 Å². The number of hydrazone groups is 1. The lowest BCUT2D eigenvalue weighted by molar-refractivity contribution is -0.192. The molecule has 3 aliphatic rings. The van der Waals surface area contributed by atoms with E-state index in [0.29, 0.717) is 12.6 Å². The summed E-state index contributed by atoms with van der Waals surface area (Å²) in [5.41, 5.74) is 5.81. The first-order valence-corrected chi connectivity index (χ1v) is 9.17. The summed E-state index contributed by atoms with van der Waals surface area (Å²) in [6.45, 7) is 6.35. The van der Waals surface area contributed by atoms with Crippen molar-refractivity contribution in [2.24, 2.45) is 5.10 Å². The van der Waals surface area contributed by atoms with Gasteiger partial charge in [0.05, 0.1) is 11.7 Å². The zero-order chi connectivity index (χ0) is 22.2. The van der Waals surface area contributed by atoms with E-state index < -0.39 is 12.1 Å². The summed E-state index contributed by atoms with van der Waals surface area (Å²) in [6.07, 6.45) is -5.08. The Labute approximate surface area is 170 Å². The van der Waals surface area contributed by atoms with Crippen LogP contribution >= 0.6 is 0 Å². The molecule has 3 heterocycles. The molecule has 1 unspecified atom stereocenters. The normalized spacial score (nSPS) is 20.3. The minimum absolute atomic E-state index is 0.0970. The predicted octanol–water partition coefficient (Wildman–Crippen LogP) is 1.07. The summed E-state index contributed by atoms with van der Waals surface area (Å²) >= 11 is 0. The maximum atomic E-state index is 12.0. The highest BCUT2D eigenvalue weighted by Gasteiger charge is 2.38. The van der Waals surface area contributed by atoms with Crippen LogP contribution in [0.4, 0.5) is 24.5 Å². The van der Waals surface area contributed by atoms with Gasteiger partial charge in [-0.25, -0.2) is 10.2 Å². The van der Waals surface area contributed by atoms with E-state index in [9.17, 15) is 18.0 Å². The number of ether oxygens (including phenoxy) is 1. The average molecular weight is 429 g/mol. The maximum absolute atomic E-state index is 12.0. The Morgan fingerprint density at radius 2 is 2.00 bits per heavy atom. The number of amides is 1. The zero-order valence-corrected chi connectivity index (χ0v) is 16.6. The maximum Gasteiger partial charge on any atom is 0.490 e. The van der Waals surface area contributed by atoms with Crippen LogP contribution < -0.4 is 25.3 Å². The number of hydrogen-bond acceptors (Lipinski definition) is 7. The molecular formula is C18H22F3N5O4. The Hall–Kier alpha value is -3.02. The number of nitrogens with one attached hydrogen (secondary N) is 2. The smallest absolute Gasteiger partial charge is 0.483 e. The van der Waals surface area contributed by atoms with Gasteiger partial charge in [-0.05, 0) is 31.5 Å². The van der Waals surface area contributed by atoms with Gasteiger partial charge in [-0.15, -0.1) is 0 Å². The number of benzene rings is 1. The van der Waals surface area contributed by atoms with Gasteiger partial charge in [-0.1, -0.05) is 0 Å². The van der Waals surface area contributed by atoms with Crippen molar-refractivity contribution in [1.82, 2.24) is 10.7 Å². The van der Waals surface area contributed by atoms with E-state index in [4.69, 9.17) is 14.6 Å². The molecule has 0 radical (unpaired) electrons. The molecule has 9 nitrogen and oxygen atoms in total. The molecule has 1 fully saturated rings. The highest BCUT2D eigenvalue weighted by molar-refractivity contribution is 6.09. The van der Waals surface area contributed by atoms with Gasteiger partial charge < -0.3 is 25.0 Å². The number of likely N-dealkylation sites (N-methyl/N-ethyl adjacent to an activating group) is 1. The van der Waals surface area contributed by atoms with Gasteiger partial charge in [-0.3, -0.25) is 4.79 Å². The third kappa shape index (κ3) is 4.13. The fraction of sp³-hybridized carbons (Fsp3) is 0.500. The lowest BCUT2D eigenvalue weighted by Gasteiger charge is -2.41. The molecule has 164 valence electrons. The number of halogens is 3. The number of rotatable bonds is 2. The van der Waals surface area contributed by atoms with Crippen molar-refractivity contribution in [3.05, 3.63) is 17.7 Å². The molecule has 1 aromatic rings. The second-order valence-electron chi connectivity index (χ2n) is 7.17. The molecule has 4 rings (SSSR count). The highest BCUT2D eigenvalue weighted by Crippen LogP contribution is 2.40. The topological polar surface area (TPSA) is 107 Å². The summed E-state index contributed by atoms with van der Waals surface area (Å²) in [7, 11) is 2.12. The number of carboxylic acid groups (broad SMARTS) is 1. The molecule has 1 aromatic carbocycles. The number of fused-ring (bicyclic) bond motifs is 3. The van der Waals surface area contributed by atoms with Crippen molar-refractivity contribution >= 4 is 29.1 Å². The lowest BCUT2D eigenvalue weighted by Crippen LogP contribution is -2.56. The highest BCUT2D eigenvalue weighted by atomic mass is 19.4. The first-order valence-electron chi connectivity index (χ1n) is 9.17. The first-order chi connectivity index (χ1) is 14.0. The quantitative estimate of drug-likeness (QED) is 0.646. The standard InChI is InChI=1S/C16H21N5O2.C2HF3O2/c1-9-4-14-13(5-12(9)20(3)11-6-17-7-11)21-10(2)16(22)19-18-15(21)8-23-14;3-2(4,5)1(6)7/h4-5,10-11,17H,6-8H2,1-3H3,(H,19,22);(H,6,7). The van der Waals surface area contributed by atoms with Crippen LogP contribution in [0.15, 0.2) is 17.2 Å². The van der Waals surface area contributed by atoms with Crippen molar-refractivity contribution in [3.8, 4) is 5.75 Å². The van der Waals surface area contributed by atoms with Crippen molar-refractivity contribution < 1.29 is 32.6 Å². The fourth-order valence-corrected chi connectivity index (χ4v) is 3.29. The van der Waals surface area contributed by atoms with Crippen LogP contribution in [0, 0.1) is 6.92 Å². The fourth-order valence-electron chi connectivity index (χ4n) is 3.29. The Kier molecular flexibility index (Phi) is 5.79. The van der Waals surface area contributed by atoms with Gasteiger partial charge in [0.1, 0.15) is 18.4 Å². The summed E-state index contributed by atoms with van der Waals surface area (Å²) in [5.74, 6) is -1.30. The third-order valence-corrected chi connectivity index (χ3v) is 5.16. The van der Waals surface area contributed by atoms with Gasteiger partial charge >= 0.3 is 12.1 Å². The molecule has 0 aliphatic carbocycles. The van der Waals surface area contributed by atoms with Crippen LogP contribution in [0.1, 0.15) is 12.5 Å². The van der Waals surface area contributed by atoms with E-state index in [0.717, 1.165) is 30.4 Å². The molecule has 1 atom stereocenters. The number of anilines is 2. The van der Waals surface area contributed by atoms with E-state index in [1.807, 2.05) is 11.8 Å². The van der Waals surface area contributed by atoms with Crippen LogP contribution in [0.5, 0.6) is 5.75 Å². The molecule has 0 spiro atoms. The van der Waals surface area contributed by atoms with E-state index in [1.54, 1.807) is 0 Å². The van der Waals surface area contributed by atoms with Crippen molar-refractivity contribution in [2.45, 2.75) is 32.1 Å². The molecule has 3 N–H and O–H groups in total. The largest absolute Gasteiger partial charge is 0.490 e. The molecule has 3 aliphatic heterocycles. The number of carbonyl (C=O) groups is 2. The van der Waals surface area contributed by atoms with Crippen LogP contribution in [0.3, 0.4) is 0 Å². The zero-order valence-electron chi connectivity index (χ0n) is 16.6. The van der Waals surface area contributed by atoms with Crippen molar-refractivity contribution in [1.29, 1.82) is 0 Å². The number of carbonyl (C=O) groups excluding carboxylic acids is 1. The summed E-state index contributed by atoms with van der Waals surface area (Å²) < 4.78 is 37.6. The number of amidine groups is 1. The predicted molar refractivity (Wildman–Crippen MR) is 103 cm³/mol. The number of hydrogen-bond donors (Lipinski definition) is 3. The van der Waals surface area contributed by atoms with Crippen LogP contribution in [-0.4, -0.2) is 67.8 Å². The Bertz CT molecular complexity index is 885. The number of nitrogens with zero attached hydrogens (tertiary/aromatic N) is 3. The Morgan fingerprint density at radius 1 is 1.37 bits per heavy atom.